The first-order valence-electron chi connectivity index (χ1n) is 5.22. The normalized spacial score (nSPS) is 17.2. The van der Waals surface area contributed by atoms with Crippen molar-refractivity contribution in [3.8, 4) is 0 Å². The summed E-state index contributed by atoms with van der Waals surface area (Å²) >= 11 is 0. The Bertz CT molecular complexity index is 202. The van der Waals surface area contributed by atoms with E-state index < -0.39 is 0 Å². The van der Waals surface area contributed by atoms with Crippen LogP contribution in [0.3, 0.4) is 0 Å². The van der Waals surface area contributed by atoms with Crippen LogP contribution in [0.15, 0.2) is 24.3 Å². The monoisotopic (exact) mass is 196 g/mol. The third-order valence-corrected chi connectivity index (χ3v) is 2.28. The molecule has 0 unspecified atom stereocenters. The molecule has 0 aromatic carbocycles. The van der Waals surface area contributed by atoms with Gasteiger partial charge in [0.25, 0.3) is 0 Å². The van der Waals surface area contributed by atoms with Gasteiger partial charge >= 0.3 is 0 Å². The molecule has 14 heavy (non-hydrogen) atoms. The molecule has 1 rings (SSSR count). The standard InChI is InChI=1S/C12H20O2/c1-10(2)5-4-6-11(3)9-12-13-7-8-14-12/h12H,1,3-9H2,2H3. The summed E-state index contributed by atoms with van der Waals surface area (Å²) in [6.45, 7) is 11.4. The second-order valence-electron chi connectivity index (χ2n) is 3.94. The molecule has 0 amide bonds. The second kappa shape index (κ2) is 5.99. The predicted octanol–water partition coefficient (Wildman–Crippen LogP) is 3.05. The SMILES string of the molecule is C=C(C)CCCC(=C)CC1OCCO1. The molecule has 1 aliphatic heterocycles. The number of hydrogen-bond acceptors (Lipinski definition) is 2. The lowest BCUT2D eigenvalue weighted by atomic mass is 10.0. The third-order valence-electron chi connectivity index (χ3n) is 2.28. The molecule has 2 heteroatoms. The molecule has 0 bridgehead atoms. The Morgan fingerprint density at radius 1 is 1.21 bits per heavy atom. The van der Waals surface area contributed by atoms with Crippen molar-refractivity contribution in [2.24, 2.45) is 0 Å². The maximum absolute atomic E-state index is 5.35. The summed E-state index contributed by atoms with van der Waals surface area (Å²) in [5.74, 6) is 0. The van der Waals surface area contributed by atoms with Crippen molar-refractivity contribution in [2.45, 2.75) is 38.9 Å². The van der Waals surface area contributed by atoms with Gasteiger partial charge in [0, 0.05) is 6.42 Å². The molecule has 0 aromatic heterocycles. The highest BCUT2D eigenvalue weighted by Crippen LogP contribution is 2.18. The molecule has 1 heterocycles. The second-order valence-corrected chi connectivity index (χ2v) is 3.94. The van der Waals surface area contributed by atoms with Crippen molar-refractivity contribution in [3.05, 3.63) is 24.3 Å². The fourth-order valence-electron chi connectivity index (χ4n) is 1.50. The first-order chi connectivity index (χ1) is 6.68. The topological polar surface area (TPSA) is 18.5 Å². The minimum atomic E-state index is -0.0349. The molecule has 1 aliphatic rings. The first-order valence-corrected chi connectivity index (χ1v) is 5.22. The molecule has 0 N–H and O–H groups in total. The number of hydrogen-bond donors (Lipinski definition) is 0. The van der Waals surface area contributed by atoms with Crippen LogP contribution < -0.4 is 0 Å². The smallest absolute Gasteiger partial charge is 0.161 e. The van der Waals surface area contributed by atoms with Gasteiger partial charge < -0.3 is 9.47 Å². The van der Waals surface area contributed by atoms with Crippen molar-refractivity contribution in [1.82, 2.24) is 0 Å². The number of ether oxygens (including phenoxy) is 2. The van der Waals surface area contributed by atoms with Gasteiger partial charge in [0.2, 0.25) is 0 Å². The summed E-state index contributed by atoms with van der Waals surface area (Å²) in [5, 5.41) is 0. The zero-order valence-electron chi connectivity index (χ0n) is 9.05. The van der Waals surface area contributed by atoms with Gasteiger partial charge in [0.15, 0.2) is 6.29 Å². The van der Waals surface area contributed by atoms with Crippen LogP contribution in [0, 0.1) is 0 Å². The lowest BCUT2D eigenvalue weighted by Crippen LogP contribution is -2.08. The van der Waals surface area contributed by atoms with E-state index in [4.69, 9.17) is 9.47 Å². The molecule has 0 spiro atoms. The lowest BCUT2D eigenvalue weighted by Gasteiger charge is -2.10. The molecule has 0 saturated carbocycles. The van der Waals surface area contributed by atoms with E-state index in [-0.39, 0.29) is 6.29 Å². The van der Waals surface area contributed by atoms with Crippen molar-refractivity contribution >= 4 is 0 Å². The highest BCUT2D eigenvalue weighted by atomic mass is 16.7. The third kappa shape index (κ3) is 4.58. The molecule has 0 atom stereocenters. The Hall–Kier alpha value is -0.600. The predicted molar refractivity (Wildman–Crippen MR) is 58.1 cm³/mol. The van der Waals surface area contributed by atoms with Crippen LogP contribution in [0.25, 0.3) is 0 Å². The fourth-order valence-corrected chi connectivity index (χ4v) is 1.50. The molecular formula is C12H20O2. The highest BCUT2D eigenvalue weighted by Gasteiger charge is 2.16. The summed E-state index contributed by atoms with van der Waals surface area (Å²) in [6, 6.07) is 0. The van der Waals surface area contributed by atoms with Gasteiger partial charge in [-0.1, -0.05) is 17.7 Å². The Balaban J connectivity index is 2.06. The van der Waals surface area contributed by atoms with E-state index in [2.05, 4.69) is 20.1 Å². The maximum atomic E-state index is 5.35. The van der Waals surface area contributed by atoms with E-state index in [1.54, 1.807) is 0 Å². The van der Waals surface area contributed by atoms with Crippen molar-refractivity contribution < 1.29 is 9.47 Å². The molecule has 0 aromatic rings. The number of allylic oxidation sites excluding steroid dienone is 1. The Kier molecular flexibility index (Phi) is 4.91. The summed E-state index contributed by atoms with van der Waals surface area (Å²) in [5.41, 5.74) is 2.46. The van der Waals surface area contributed by atoms with E-state index >= 15 is 0 Å². The molecule has 80 valence electrons. The zero-order chi connectivity index (χ0) is 10.4. The van der Waals surface area contributed by atoms with E-state index in [0.29, 0.717) is 0 Å². The van der Waals surface area contributed by atoms with Gasteiger partial charge in [-0.15, -0.1) is 6.58 Å². The van der Waals surface area contributed by atoms with Crippen LogP contribution in [0.1, 0.15) is 32.6 Å². The minimum Gasteiger partial charge on any atom is -0.350 e. The molecule has 1 saturated heterocycles. The average molecular weight is 196 g/mol. The van der Waals surface area contributed by atoms with Crippen LogP contribution in [0.5, 0.6) is 0 Å². The summed E-state index contributed by atoms with van der Waals surface area (Å²) in [6.07, 6.45) is 4.09. The molecule has 1 fully saturated rings. The summed E-state index contributed by atoms with van der Waals surface area (Å²) in [4.78, 5) is 0. The van der Waals surface area contributed by atoms with Gasteiger partial charge in [-0.3, -0.25) is 0 Å². The first kappa shape index (κ1) is 11.5. The van der Waals surface area contributed by atoms with Crippen molar-refractivity contribution in [2.75, 3.05) is 13.2 Å². The molecule has 0 aliphatic carbocycles. The van der Waals surface area contributed by atoms with Crippen LogP contribution in [0.4, 0.5) is 0 Å². The summed E-state index contributed by atoms with van der Waals surface area (Å²) in [7, 11) is 0. The maximum Gasteiger partial charge on any atom is 0.161 e. The van der Waals surface area contributed by atoms with Crippen LogP contribution in [0.2, 0.25) is 0 Å². The van der Waals surface area contributed by atoms with Crippen molar-refractivity contribution in [1.29, 1.82) is 0 Å². The van der Waals surface area contributed by atoms with Gasteiger partial charge in [-0.05, 0) is 26.2 Å². The fraction of sp³-hybridized carbons (Fsp3) is 0.667. The van der Waals surface area contributed by atoms with E-state index in [9.17, 15) is 0 Å². The highest BCUT2D eigenvalue weighted by molar-refractivity contribution is 4.97. The Labute approximate surface area is 86.6 Å². The lowest BCUT2D eigenvalue weighted by molar-refractivity contribution is -0.0403. The minimum absolute atomic E-state index is 0.0349. The van der Waals surface area contributed by atoms with Crippen LogP contribution in [-0.4, -0.2) is 19.5 Å². The van der Waals surface area contributed by atoms with Gasteiger partial charge in [0.05, 0.1) is 13.2 Å². The Morgan fingerprint density at radius 2 is 1.86 bits per heavy atom. The Morgan fingerprint density at radius 3 is 2.43 bits per heavy atom. The van der Waals surface area contributed by atoms with Gasteiger partial charge in [0.1, 0.15) is 0 Å². The molecule has 0 radical (unpaired) electrons. The average Bonchev–Trinajstić information content (AvgIpc) is 2.56. The van der Waals surface area contributed by atoms with Crippen LogP contribution in [-0.2, 0) is 9.47 Å². The van der Waals surface area contributed by atoms with Gasteiger partial charge in [-0.2, -0.15) is 0 Å². The quantitative estimate of drug-likeness (QED) is 0.608. The van der Waals surface area contributed by atoms with E-state index in [1.165, 1.54) is 11.1 Å². The largest absolute Gasteiger partial charge is 0.350 e. The number of rotatable bonds is 6. The summed E-state index contributed by atoms with van der Waals surface area (Å²) < 4.78 is 10.7. The van der Waals surface area contributed by atoms with E-state index in [1.807, 2.05) is 0 Å². The molecule has 2 nitrogen and oxygen atoms in total. The van der Waals surface area contributed by atoms with Crippen molar-refractivity contribution in [3.63, 3.8) is 0 Å². The van der Waals surface area contributed by atoms with Crippen LogP contribution >= 0.6 is 0 Å². The van der Waals surface area contributed by atoms with Gasteiger partial charge in [-0.25, -0.2) is 0 Å². The zero-order valence-corrected chi connectivity index (χ0v) is 9.05. The molecular weight excluding hydrogens is 176 g/mol. The van der Waals surface area contributed by atoms with E-state index in [0.717, 1.165) is 38.9 Å².